The molecular formula is C22H25ClFN3O2. The van der Waals surface area contributed by atoms with Crippen LogP contribution in [0.25, 0.3) is 0 Å². The Kier molecular flexibility index (Phi) is 7.58. The third-order valence-electron chi connectivity index (χ3n) is 5.23. The number of amides is 2. The molecule has 0 radical (unpaired) electrons. The minimum Gasteiger partial charge on any atom is -0.351 e. The highest BCUT2D eigenvalue weighted by molar-refractivity contribution is 6.27. The zero-order valence-electron chi connectivity index (χ0n) is 16.2. The Balaban J connectivity index is 1.90. The monoisotopic (exact) mass is 417 g/mol. The normalized spacial score (nSPS) is 15.5. The second-order valence-corrected chi connectivity index (χ2v) is 7.58. The van der Waals surface area contributed by atoms with Crippen molar-refractivity contribution in [2.24, 2.45) is 0 Å². The molecule has 1 aromatic heterocycles. The van der Waals surface area contributed by atoms with E-state index in [1.165, 1.54) is 23.5 Å². The van der Waals surface area contributed by atoms with Gasteiger partial charge >= 0.3 is 0 Å². The highest BCUT2D eigenvalue weighted by Gasteiger charge is 2.32. The summed E-state index contributed by atoms with van der Waals surface area (Å²) in [6.07, 6.45) is 8.43. The Hall–Kier alpha value is -2.47. The van der Waals surface area contributed by atoms with Crippen LogP contribution in [-0.4, -0.2) is 33.6 Å². The molecule has 1 saturated carbocycles. The molecule has 1 N–H and O–H groups in total. The topological polar surface area (TPSA) is 62.3 Å². The molecule has 2 amide bonds. The molecule has 1 fully saturated rings. The minimum atomic E-state index is -0.837. The first-order valence-corrected chi connectivity index (χ1v) is 10.4. The quantitative estimate of drug-likeness (QED) is 0.693. The molecule has 29 heavy (non-hydrogen) atoms. The van der Waals surface area contributed by atoms with E-state index in [-0.39, 0.29) is 36.1 Å². The lowest BCUT2D eigenvalue weighted by molar-refractivity contribution is -0.140. The Morgan fingerprint density at radius 2 is 1.76 bits per heavy atom. The van der Waals surface area contributed by atoms with Crippen molar-refractivity contribution in [2.75, 3.05) is 5.88 Å². The number of rotatable bonds is 7. The van der Waals surface area contributed by atoms with Gasteiger partial charge in [0.2, 0.25) is 11.8 Å². The van der Waals surface area contributed by atoms with Crippen molar-refractivity contribution in [2.45, 2.75) is 50.7 Å². The molecule has 7 heteroatoms. The lowest BCUT2D eigenvalue weighted by Gasteiger charge is -2.33. The number of hydrogen-bond acceptors (Lipinski definition) is 3. The summed E-state index contributed by atoms with van der Waals surface area (Å²) in [7, 11) is 0. The smallest absolute Gasteiger partial charge is 0.247 e. The van der Waals surface area contributed by atoms with Gasteiger partial charge in [-0.1, -0.05) is 31.4 Å². The zero-order chi connectivity index (χ0) is 20.6. The van der Waals surface area contributed by atoms with Crippen LogP contribution in [0.5, 0.6) is 0 Å². The first-order valence-electron chi connectivity index (χ1n) is 9.88. The third kappa shape index (κ3) is 5.76. The number of benzene rings is 1. The predicted octanol–water partition coefficient (Wildman–Crippen LogP) is 3.98. The molecule has 0 saturated heterocycles. The minimum absolute atomic E-state index is 0.111. The Labute approximate surface area is 175 Å². The lowest BCUT2D eigenvalue weighted by Crippen LogP contribution is -2.47. The highest BCUT2D eigenvalue weighted by Crippen LogP contribution is 2.25. The Morgan fingerprint density at radius 1 is 1.10 bits per heavy atom. The molecule has 1 aliphatic carbocycles. The predicted molar refractivity (Wildman–Crippen MR) is 110 cm³/mol. The summed E-state index contributed by atoms with van der Waals surface area (Å²) in [4.78, 5) is 31.5. The molecule has 0 bridgehead atoms. The molecule has 0 aliphatic heterocycles. The van der Waals surface area contributed by atoms with Gasteiger partial charge in [0, 0.05) is 25.0 Å². The average molecular weight is 418 g/mol. The zero-order valence-corrected chi connectivity index (χ0v) is 16.9. The summed E-state index contributed by atoms with van der Waals surface area (Å²) in [6, 6.07) is 8.61. The summed E-state index contributed by atoms with van der Waals surface area (Å²) in [5, 5.41) is 3.12. The Bertz CT molecular complexity index is 811. The fourth-order valence-electron chi connectivity index (χ4n) is 3.73. The van der Waals surface area contributed by atoms with Crippen molar-refractivity contribution in [1.29, 1.82) is 0 Å². The lowest BCUT2D eigenvalue weighted by atomic mass is 9.94. The van der Waals surface area contributed by atoms with Gasteiger partial charge in [-0.25, -0.2) is 4.39 Å². The largest absolute Gasteiger partial charge is 0.351 e. The van der Waals surface area contributed by atoms with Crippen LogP contribution in [0.15, 0.2) is 48.8 Å². The van der Waals surface area contributed by atoms with Gasteiger partial charge in [-0.05, 0) is 48.2 Å². The van der Waals surface area contributed by atoms with Gasteiger partial charge in [0.1, 0.15) is 17.7 Å². The van der Waals surface area contributed by atoms with E-state index in [1.54, 1.807) is 36.7 Å². The summed E-state index contributed by atoms with van der Waals surface area (Å²) in [5.74, 6) is -1.20. The van der Waals surface area contributed by atoms with E-state index in [4.69, 9.17) is 11.6 Å². The van der Waals surface area contributed by atoms with Gasteiger partial charge in [-0.2, -0.15) is 0 Å². The summed E-state index contributed by atoms with van der Waals surface area (Å²) >= 11 is 5.87. The van der Waals surface area contributed by atoms with Gasteiger partial charge in [0.05, 0.1) is 0 Å². The van der Waals surface area contributed by atoms with Crippen LogP contribution < -0.4 is 5.32 Å². The molecule has 1 heterocycles. The van der Waals surface area contributed by atoms with Gasteiger partial charge in [0.15, 0.2) is 0 Å². The standard InChI is InChI=1S/C22H25ClFN3O2/c23-14-20(28)27(15-16-6-8-18(24)9-7-16)21(17-10-12-25-13-11-17)22(29)26-19-4-2-1-3-5-19/h6-13,19,21H,1-5,14-15H2,(H,26,29)/t21-/m0/s1. The number of nitrogens with zero attached hydrogens (tertiary/aromatic N) is 2. The molecule has 154 valence electrons. The van der Waals surface area contributed by atoms with E-state index in [9.17, 15) is 14.0 Å². The maximum absolute atomic E-state index is 13.3. The average Bonchev–Trinajstić information content (AvgIpc) is 2.75. The third-order valence-corrected chi connectivity index (χ3v) is 5.46. The van der Waals surface area contributed by atoms with Crippen LogP contribution in [0, 0.1) is 5.82 Å². The Morgan fingerprint density at radius 3 is 2.38 bits per heavy atom. The SMILES string of the molecule is O=C(NC1CCCCC1)[C@H](c1ccncc1)N(Cc1ccc(F)cc1)C(=O)CCl. The van der Waals surface area contributed by atoms with Crippen molar-refractivity contribution >= 4 is 23.4 Å². The van der Waals surface area contributed by atoms with Crippen molar-refractivity contribution in [3.05, 3.63) is 65.7 Å². The summed E-state index contributed by atoms with van der Waals surface area (Å²) in [5.41, 5.74) is 1.38. The molecule has 0 unspecified atom stereocenters. The number of hydrogen-bond donors (Lipinski definition) is 1. The molecule has 1 atom stereocenters. The van der Waals surface area contributed by atoms with E-state index in [0.717, 1.165) is 31.2 Å². The van der Waals surface area contributed by atoms with E-state index >= 15 is 0 Å². The molecular weight excluding hydrogens is 393 g/mol. The van der Waals surface area contributed by atoms with Crippen LogP contribution in [-0.2, 0) is 16.1 Å². The molecule has 1 aliphatic rings. The summed E-state index contributed by atoms with van der Waals surface area (Å²) in [6.45, 7) is 0.150. The van der Waals surface area contributed by atoms with E-state index in [1.807, 2.05) is 0 Å². The van der Waals surface area contributed by atoms with Crippen LogP contribution in [0.4, 0.5) is 4.39 Å². The molecule has 2 aromatic rings. The number of alkyl halides is 1. The van der Waals surface area contributed by atoms with Gasteiger partial charge in [0.25, 0.3) is 0 Å². The number of nitrogens with one attached hydrogen (secondary N) is 1. The second kappa shape index (κ2) is 10.3. The first kappa shape index (κ1) is 21.2. The fraction of sp³-hybridized carbons (Fsp3) is 0.409. The molecule has 1 aromatic carbocycles. The van der Waals surface area contributed by atoms with Crippen LogP contribution in [0.3, 0.4) is 0 Å². The van der Waals surface area contributed by atoms with E-state index in [2.05, 4.69) is 10.3 Å². The summed E-state index contributed by atoms with van der Waals surface area (Å²) < 4.78 is 13.3. The van der Waals surface area contributed by atoms with Crippen molar-refractivity contribution in [1.82, 2.24) is 15.2 Å². The van der Waals surface area contributed by atoms with Crippen LogP contribution in [0.2, 0.25) is 0 Å². The van der Waals surface area contributed by atoms with Gasteiger partial charge < -0.3 is 10.2 Å². The van der Waals surface area contributed by atoms with E-state index < -0.39 is 6.04 Å². The van der Waals surface area contributed by atoms with Gasteiger partial charge in [-0.15, -0.1) is 11.6 Å². The number of halogens is 2. The van der Waals surface area contributed by atoms with Crippen LogP contribution >= 0.6 is 11.6 Å². The first-order chi connectivity index (χ1) is 14.1. The number of aromatic nitrogens is 1. The van der Waals surface area contributed by atoms with E-state index in [0.29, 0.717) is 5.56 Å². The maximum atomic E-state index is 13.3. The van der Waals surface area contributed by atoms with Gasteiger partial charge in [-0.3, -0.25) is 14.6 Å². The molecule has 0 spiro atoms. The van der Waals surface area contributed by atoms with Crippen molar-refractivity contribution in [3.8, 4) is 0 Å². The molecule has 3 rings (SSSR count). The maximum Gasteiger partial charge on any atom is 0.247 e. The fourth-order valence-corrected chi connectivity index (χ4v) is 3.89. The van der Waals surface area contributed by atoms with Crippen molar-refractivity contribution in [3.63, 3.8) is 0 Å². The van der Waals surface area contributed by atoms with Crippen LogP contribution in [0.1, 0.15) is 49.3 Å². The highest BCUT2D eigenvalue weighted by atomic mass is 35.5. The number of carbonyl (C=O) groups is 2. The molecule has 5 nitrogen and oxygen atoms in total. The number of carbonyl (C=O) groups excluding carboxylic acids is 2. The van der Waals surface area contributed by atoms with Crippen molar-refractivity contribution < 1.29 is 14.0 Å². The number of pyridine rings is 1. The second-order valence-electron chi connectivity index (χ2n) is 7.31.